The molecule has 4 rings (SSSR count). The van der Waals surface area contributed by atoms with E-state index >= 15 is 0 Å². The van der Waals surface area contributed by atoms with E-state index < -0.39 is 0 Å². The van der Waals surface area contributed by atoms with Gasteiger partial charge in [0.25, 0.3) is 5.91 Å². The zero-order chi connectivity index (χ0) is 18.8. The minimum atomic E-state index is -0.112. The Morgan fingerprint density at radius 2 is 2.07 bits per heavy atom. The Labute approximate surface area is 169 Å². The Bertz CT molecular complexity index is 824. The number of amides is 1. The van der Waals surface area contributed by atoms with Crippen LogP contribution in [-0.4, -0.2) is 40.4 Å². The SMILES string of the molecule is O=C(c1c(Cl)cncc1Cl)N1CCC(CN[C@H]2CCCc3cccnc32)C1. The molecule has 142 valence electrons. The molecule has 0 spiro atoms. The summed E-state index contributed by atoms with van der Waals surface area (Å²) in [7, 11) is 0. The van der Waals surface area contributed by atoms with Gasteiger partial charge >= 0.3 is 0 Å². The quantitative estimate of drug-likeness (QED) is 0.838. The van der Waals surface area contributed by atoms with Crippen molar-refractivity contribution in [2.75, 3.05) is 19.6 Å². The van der Waals surface area contributed by atoms with E-state index in [9.17, 15) is 4.79 Å². The molecule has 1 fully saturated rings. The van der Waals surface area contributed by atoms with Gasteiger partial charge in [-0.05, 0) is 43.2 Å². The lowest BCUT2D eigenvalue weighted by molar-refractivity contribution is 0.0787. The fourth-order valence-corrected chi connectivity index (χ4v) is 4.60. The molecule has 2 aromatic rings. The molecule has 27 heavy (non-hydrogen) atoms. The number of rotatable bonds is 4. The molecule has 7 heteroatoms. The van der Waals surface area contributed by atoms with Crippen LogP contribution in [-0.2, 0) is 6.42 Å². The molecule has 0 aromatic carbocycles. The first-order chi connectivity index (χ1) is 13.1. The fraction of sp³-hybridized carbons (Fsp3) is 0.450. The molecule has 0 saturated carbocycles. The zero-order valence-electron chi connectivity index (χ0n) is 15.0. The van der Waals surface area contributed by atoms with Crippen LogP contribution >= 0.6 is 23.2 Å². The van der Waals surface area contributed by atoms with Crippen molar-refractivity contribution >= 4 is 29.1 Å². The molecule has 0 bridgehead atoms. The highest BCUT2D eigenvalue weighted by molar-refractivity contribution is 6.39. The Morgan fingerprint density at radius 3 is 2.89 bits per heavy atom. The maximum absolute atomic E-state index is 12.8. The lowest BCUT2D eigenvalue weighted by Crippen LogP contribution is -2.33. The molecule has 1 saturated heterocycles. The summed E-state index contributed by atoms with van der Waals surface area (Å²) in [4.78, 5) is 23.1. The van der Waals surface area contributed by atoms with Crippen LogP contribution < -0.4 is 5.32 Å². The maximum Gasteiger partial charge on any atom is 0.257 e. The van der Waals surface area contributed by atoms with Crippen LogP contribution in [0.15, 0.2) is 30.7 Å². The third kappa shape index (κ3) is 3.96. The average Bonchev–Trinajstić information content (AvgIpc) is 3.15. The monoisotopic (exact) mass is 404 g/mol. The van der Waals surface area contributed by atoms with Gasteiger partial charge in [0.2, 0.25) is 0 Å². The first-order valence-electron chi connectivity index (χ1n) is 9.39. The first kappa shape index (κ1) is 18.7. The van der Waals surface area contributed by atoms with E-state index in [4.69, 9.17) is 23.2 Å². The molecule has 1 unspecified atom stereocenters. The van der Waals surface area contributed by atoms with E-state index in [-0.39, 0.29) is 5.91 Å². The number of fused-ring (bicyclic) bond motifs is 1. The molecule has 2 atom stereocenters. The van der Waals surface area contributed by atoms with Gasteiger partial charge in [0.05, 0.1) is 21.3 Å². The second-order valence-corrected chi connectivity index (χ2v) is 8.10. The molecule has 1 N–H and O–H groups in total. The van der Waals surface area contributed by atoms with Crippen molar-refractivity contribution in [2.24, 2.45) is 5.92 Å². The molecular weight excluding hydrogens is 383 g/mol. The van der Waals surface area contributed by atoms with Crippen LogP contribution in [0.3, 0.4) is 0 Å². The molecule has 1 aliphatic heterocycles. The number of nitrogens with one attached hydrogen (secondary N) is 1. The molecule has 0 radical (unpaired) electrons. The largest absolute Gasteiger partial charge is 0.338 e. The van der Waals surface area contributed by atoms with E-state index in [0.29, 0.717) is 34.1 Å². The minimum absolute atomic E-state index is 0.112. The topological polar surface area (TPSA) is 58.1 Å². The fourth-order valence-electron chi connectivity index (χ4n) is 4.07. The Balaban J connectivity index is 1.36. The summed E-state index contributed by atoms with van der Waals surface area (Å²) in [6.07, 6.45) is 9.18. The Kier molecular flexibility index (Phi) is 5.62. The van der Waals surface area contributed by atoms with E-state index in [1.807, 2.05) is 17.2 Å². The van der Waals surface area contributed by atoms with Crippen LogP contribution in [0, 0.1) is 5.92 Å². The van der Waals surface area contributed by atoms with Gasteiger partial charge in [0.1, 0.15) is 0 Å². The summed E-state index contributed by atoms with van der Waals surface area (Å²) in [6.45, 7) is 2.31. The second-order valence-electron chi connectivity index (χ2n) is 7.28. The van der Waals surface area contributed by atoms with Gasteiger partial charge in [0.15, 0.2) is 0 Å². The van der Waals surface area contributed by atoms with Crippen LogP contribution in [0.5, 0.6) is 0 Å². The van der Waals surface area contributed by atoms with E-state index in [0.717, 1.165) is 32.4 Å². The highest BCUT2D eigenvalue weighted by Crippen LogP contribution is 2.29. The number of hydrogen-bond acceptors (Lipinski definition) is 4. The standard InChI is InChI=1S/C20H22Cl2N4O/c21-15-10-23-11-16(22)18(15)20(27)26-8-6-13(12-26)9-25-17-5-1-3-14-4-2-7-24-19(14)17/h2,4,7,10-11,13,17,25H,1,3,5-6,8-9,12H2/t13?,17-/m0/s1. The predicted octanol–water partition coefficient (Wildman–Crippen LogP) is 3.91. The zero-order valence-corrected chi connectivity index (χ0v) is 16.5. The lowest BCUT2D eigenvalue weighted by atomic mass is 9.91. The third-order valence-electron chi connectivity index (χ3n) is 5.49. The molecule has 5 nitrogen and oxygen atoms in total. The first-order valence-corrected chi connectivity index (χ1v) is 10.1. The molecule has 2 aromatic heterocycles. The normalized spacial score (nSPS) is 21.9. The van der Waals surface area contributed by atoms with Crippen LogP contribution in [0.25, 0.3) is 0 Å². The number of nitrogens with zero attached hydrogens (tertiary/aromatic N) is 3. The van der Waals surface area contributed by atoms with Crippen molar-refractivity contribution in [1.82, 2.24) is 20.2 Å². The number of hydrogen-bond donors (Lipinski definition) is 1. The molecule has 3 heterocycles. The van der Waals surface area contributed by atoms with Gasteiger partial charge < -0.3 is 10.2 Å². The van der Waals surface area contributed by atoms with Gasteiger partial charge in [-0.25, -0.2) is 0 Å². The van der Waals surface area contributed by atoms with Gasteiger partial charge in [-0.15, -0.1) is 0 Å². The molecule has 1 aliphatic carbocycles. The summed E-state index contributed by atoms with van der Waals surface area (Å²) < 4.78 is 0. The van der Waals surface area contributed by atoms with E-state index in [2.05, 4.69) is 21.4 Å². The van der Waals surface area contributed by atoms with Crippen LogP contribution in [0.1, 0.15) is 46.9 Å². The van der Waals surface area contributed by atoms with Gasteiger partial charge in [-0.3, -0.25) is 14.8 Å². The van der Waals surface area contributed by atoms with Crippen molar-refractivity contribution in [2.45, 2.75) is 31.7 Å². The number of aryl methyl sites for hydroxylation is 1. The third-order valence-corrected chi connectivity index (χ3v) is 6.06. The van der Waals surface area contributed by atoms with Crippen molar-refractivity contribution in [3.05, 3.63) is 57.6 Å². The smallest absolute Gasteiger partial charge is 0.257 e. The summed E-state index contributed by atoms with van der Waals surface area (Å²) in [5.41, 5.74) is 2.89. The number of halogens is 2. The summed E-state index contributed by atoms with van der Waals surface area (Å²) in [5, 5.41) is 4.29. The molecule has 1 amide bonds. The number of aromatic nitrogens is 2. The maximum atomic E-state index is 12.8. The number of pyridine rings is 2. The average molecular weight is 405 g/mol. The highest BCUT2D eigenvalue weighted by atomic mass is 35.5. The number of likely N-dealkylation sites (tertiary alicyclic amines) is 1. The van der Waals surface area contributed by atoms with Gasteiger partial charge in [0, 0.05) is 44.3 Å². The number of carbonyl (C=O) groups is 1. The predicted molar refractivity (Wildman–Crippen MR) is 106 cm³/mol. The van der Waals surface area contributed by atoms with Crippen molar-refractivity contribution in [1.29, 1.82) is 0 Å². The molecular formula is C20H22Cl2N4O. The van der Waals surface area contributed by atoms with Crippen LogP contribution in [0.4, 0.5) is 0 Å². The lowest BCUT2D eigenvalue weighted by Gasteiger charge is -2.26. The van der Waals surface area contributed by atoms with Gasteiger partial charge in [-0.1, -0.05) is 29.3 Å². The Morgan fingerprint density at radius 1 is 1.26 bits per heavy atom. The Hall–Kier alpha value is -1.69. The van der Waals surface area contributed by atoms with Crippen molar-refractivity contribution in [3.8, 4) is 0 Å². The molecule has 2 aliphatic rings. The summed E-state index contributed by atoms with van der Waals surface area (Å²) in [6, 6.07) is 4.49. The second kappa shape index (κ2) is 8.13. The highest BCUT2D eigenvalue weighted by Gasteiger charge is 2.30. The summed E-state index contributed by atoms with van der Waals surface area (Å²) >= 11 is 12.3. The minimum Gasteiger partial charge on any atom is -0.338 e. The van der Waals surface area contributed by atoms with Crippen molar-refractivity contribution < 1.29 is 4.79 Å². The van der Waals surface area contributed by atoms with Gasteiger partial charge in [-0.2, -0.15) is 0 Å². The van der Waals surface area contributed by atoms with E-state index in [1.165, 1.54) is 30.1 Å². The van der Waals surface area contributed by atoms with E-state index in [1.54, 1.807) is 0 Å². The van der Waals surface area contributed by atoms with Crippen molar-refractivity contribution in [3.63, 3.8) is 0 Å². The number of carbonyl (C=O) groups excluding carboxylic acids is 1. The summed E-state index contributed by atoms with van der Waals surface area (Å²) in [5.74, 6) is 0.307. The van der Waals surface area contributed by atoms with Crippen LogP contribution in [0.2, 0.25) is 10.0 Å².